The lowest BCUT2D eigenvalue weighted by Crippen LogP contribution is -2.17. The number of hydrogen-bond donors (Lipinski definition) is 1. The number of hydrogen-bond acceptors (Lipinski definition) is 5. The van der Waals surface area contributed by atoms with Gasteiger partial charge < -0.3 is 10.1 Å². The minimum atomic E-state index is -3.26. The molecule has 0 bridgehead atoms. The van der Waals surface area contributed by atoms with Gasteiger partial charge in [-0.15, -0.1) is 0 Å². The number of anilines is 1. The van der Waals surface area contributed by atoms with Crippen LogP contribution in [0.2, 0.25) is 5.02 Å². The molecule has 7 nitrogen and oxygen atoms in total. The maximum atomic E-state index is 12.7. The highest BCUT2D eigenvalue weighted by Crippen LogP contribution is 2.33. The Labute approximate surface area is 166 Å². The molecule has 3 aromatic rings. The van der Waals surface area contributed by atoms with Crippen LogP contribution in [0.3, 0.4) is 0 Å². The number of halogens is 1. The predicted octanol–water partition coefficient (Wildman–Crippen LogP) is 3.22. The molecule has 2 aromatic carbocycles. The molecule has 4 rings (SSSR count). The molecule has 0 unspecified atom stereocenters. The molecule has 2 heterocycles. The van der Waals surface area contributed by atoms with Gasteiger partial charge >= 0.3 is 0 Å². The lowest BCUT2D eigenvalue weighted by Gasteiger charge is -2.12. The minimum absolute atomic E-state index is 0.144. The second-order valence-electron chi connectivity index (χ2n) is 6.38. The zero-order valence-corrected chi connectivity index (χ0v) is 16.4. The summed E-state index contributed by atoms with van der Waals surface area (Å²) in [5.41, 5.74) is 2.04. The zero-order valence-electron chi connectivity index (χ0n) is 14.8. The van der Waals surface area contributed by atoms with Crippen LogP contribution < -0.4 is 10.1 Å². The van der Waals surface area contributed by atoms with Crippen LogP contribution in [0.5, 0.6) is 5.75 Å². The van der Waals surface area contributed by atoms with Crippen LogP contribution in [0.15, 0.2) is 48.5 Å². The first-order valence-corrected chi connectivity index (χ1v) is 10.6. The standard InChI is InChI=1S/C19H16ClN3O4S/c1-27-15-8-6-14(7-9-15)23-18(16-10-28(25,26)11-17(16)22-23)21-19(24)12-2-4-13(20)5-3-12/h2-9H,10-11H2,1H3,(H,21,24). The van der Waals surface area contributed by atoms with Crippen LogP contribution in [0.4, 0.5) is 5.82 Å². The maximum absolute atomic E-state index is 12.7. The van der Waals surface area contributed by atoms with Crippen molar-refractivity contribution in [1.29, 1.82) is 0 Å². The number of benzene rings is 2. The fourth-order valence-corrected chi connectivity index (χ4v) is 4.68. The molecule has 0 radical (unpaired) electrons. The van der Waals surface area contributed by atoms with Gasteiger partial charge in [0.05, 0.1) is 30.0 Å². The summed E-state index contributed by atoms with van der Waals surface area (Å²) >= 11 is 5.87. The fourth-order valence-electron chi connectivity index (χ4n) is 3.06. The van der Waals surface area contributed by atoms with Crippen molar-refractivity contribution in [3.8, 4) is 11.4 Å². The number of ether oxygens (including phenoxy) is 1. The summed E-state index contributed by atoms with van der Waals surface area (Å²) < 4.78 is 30.8. The first kappa shape index (κ1) is 18.5. The number of methoxy groups -OCH3 is 1. The molecule has 1 aromatic heterocycles. The second kappa shape index (κ2) is 6.96. The molecule has 1 aliphatic heterocycles. The number of nitrogens with one attached hydrogen (secondary N) is 1. The van der Waals surface area contributed by atoms with Crippen LogP contribution in [-0.4, -0.2) is 31.2 Å². The van der Waals surface area contributed by atoms with Crippen molar-refractivity contribution >= 4 is 33.2 Å². The molecular formula is C19H16ClN3O4S. The van der Waals surface area contributed by atoms with E-state index in [2.05, 4.69) is 10.4 Å². The molecule has 1 aliphatic rings. The average molecular weight is 418 g/mol. The van der Waals surface area contributed by atoms with Crippen LogP contribution in [0.25, 0.3) is 5.69 Å². The summed E-state index contributed by atoms with van der Waals surface area (Å²) in [6.45, 7) is 0. The number of sulfone groups is 1. The van der Waals surface area contributed by atoms with Crippen molar-refractivity contribution in [2.45, 2.75) is 11.5 Å². The summed E-state index contributed by atoms with van der Waals surface area (Å²) in [6.07, 6.45) is 0. The van der Waals surface area contributed by atoms with E-state index in [4.69, 9.17) is 16.3 Å². The number of nitrogens with zero attached hydrogens (tertiary/aromatic N) is 2. The number of rotatable bonds is 4. The number of fused-ring (bicyclic) bond motifs is 1. The summed E-state index contributed by atoms with van der Waals surface area (Å²) in [7, 11) is -1.70. The molecular weight excluding hydrogens is 402 g/mol. The number of amides is 1. The molecule has 0 saturated carbocycles. The van der Waals surface area contributed by atoms with Crippen molar-refractivity contribution in [2.75, 3.05) is 12.4 Å². The highest BCUT2D eigenvalue weighted by Gasteiger charge is 2.33. The van der Waals surface area contributed by atoms with E-state index in [1.807, 2.05) is 0 Å². The quantitative estimate of drug-likeness (QED) is 0.703. The van der Waals surface area contributed by atoms with Crippen LogP contribution in [-0.2, 0) is 21.3 Å². The predicted molar refractivity (Wildman–Crippen MR) is 106 cm³/mol. The third-order valence-electron chi connectivity index (χ3n) is 4.44. The monoisotopic (exact) mass is 417 g/mol. The summed E-state index contributed by atoms with van der Waals surface area (Å²) in [6, 6.07) is 13.5. The fraction of sp³-hybridized carbons (Fsp3) is 0.158. The second-order valence-corrected chi connectivity index (χ2v) is 8.88. The van der Waals surface area contributed by atoms with Gasteiger partial charge in [-0.05, 0) is 48.5 Å². The summed E-state index contributed by atoms with van der Waals surface area (Å²) in [5.74, 6) is 0.349. The highest BCUT2D eigenvalue weighted by atomic mass is 35.5. The SMILES string of the molecule is COc1ccc(-n2nc3c(c2NC(=O)c2ccc(Cl)cc2)CS(=O)(=O)C3)cc1. The summed E-state index contributed by atoms with van der Waals surface area (Å²) in [4.78, 5) is 12.7. The largest absolute Gasteiger partial charge is 0.497 e. The van der Waals surface area contributed by atoms with Crippen molar-refractivity contribution < 1.29 is 17.9 Å². The van der Waals surface area contributed by atoms with Crippen molar-refractivity contribution in [3.63, 3.8) is 0 Å². The topological polar surface area (TPSA) is 90.3 Å². The average Bonchev–Trinajstić information content (AvgIpc) is 3.15. The lowest BCUT2D eigenvalue weighted by atomic mass is 10.2. The number of carbonyl (C=O) groups excluding carboxylic acids is 1. The summed E-state index contributed by atoms with van der Waals surface area (Å²) in [5, 5.41) is 7.77. The van der Waals surface area contributed by atoms with E-state index in [1.165, 1.54) is 0 Å². The molecule has 144 valence electrons. The normalized spacial score (nSPS) is 14.5. The van der Waals surface area contributed by atoms with Gasteiger partial charge in [-0.2, -0.15) is 5.10 Å². The molecule has 0 fully saturated rings. The third-order valence-corrected chi connectivity index (χ3v) is 6.14. The molecule has 1 amide bonds. The van der Waals surface area contributed by atoms with Gasteiger partial charge in [0, 0.05) is 16.1 Å². The van der Waals surface area contributed by atoms with Gasteiger partial charge in [-0.1, -0.05) is 11.6 Å². The van der Waals surface area contributed by atoms with Crippen LogP contribution in [0, 0.1) is 0 Å². The van der Waals surface area contributed by atoms with Crippen LogP contribution >= 0.6 is 11.6 Å². The number of aromatic nitrogens is 2. The Kier molecular flexibility index (Phi) is 4.60. The Balaban J connectivity index is 1.75. The molecule has 0 spiro atoms. The van der Waals surface area contributed by atoms with Gasteiger partial charge in [0.1, 0.15) is 11.6 Å². The van der Waals surface area contributed by atoms with E-state index in [9.17, 15) is 13.2 Å². The maximum Gasteiger partial charge on any atom is 0.256 e. The van der Waals surface area contributed by atoms with E-state index in [1.54, 1.807) is 60.3 Å². The van der Waals surface area contributed by atoms with E-state index in [0.717, 1.165) is 0 Å². The molecule has 28 heavy (non-hydrogen) atoms. The highest BCUT2D eigenvalue weighted by molar-refractivity contribution is 7.90. The Hall–Kier alpha value is -2.84. The van der Waals surface area contributed by atoms with Gasteiger partial charge in [0.2, 0.25) is 0 Å². The molecule has 0 saturated heterocycles. The van der Waals surface area contributed by atoms with Crippen molar-refractivity contribution in [2.24, 2.45) is 0 Å². The van der Waals surface area contributed by atoms with Crippen LogP contribution in [0.1, 0.15) is 21.6 Å². The third kappa shape index (κ3) is 3.48. The van der Waals surface area contributed by atoms with E-state index in [-0.39, 0.29) is 17.4 Å². The Morgan fingerprint density at radius 1 is 1.11 bits per heavy atom. The molecule has 1 N–H and O–H groups in total. The van der Waals surface area contributed by atoms with Crippen molar-refractivity contribution in [3.05, 3.63) is 70.4 Å². The molecule has 0 atom stereocenters. The Morgan fingerprint density at radius 3 is 2.43 bits per heavy atom. The molecule has 9 heteroatoms. The smallest absolute Gasteiger partial charge is 0.256 e. The van der Waals surface area contributed by atoms with Gasteiger partial charge in [-0.3, -0.25) is 4.79 Å². The zero-order chi connectivity index (χ0) is 19.9. The van der Waals surface area contributed by atoms with Crippen molar-refractivity contribution in [1.82, 2.24) is 9.78 Å². The Morgan fingerprint density at radius 2 is 1.79 bits per heavy atom. The first-order chi connectivity index (χ1) is 13.4. The minimum Gasteiger partial charge on any atom is -0.497 e. The van der Waals surface area contributed by atoms with E-state index < -0.39 is 9.84 Å². The van der Waals surface area contributed by atoms with E-state index in [0.29, 0.717) is 39.1 Å². The molecule has 0 aliphatic carbocycles. The first-order valence-electron chi connectivity index (χ1n) is 8.39. The number of carbonyl (C=O) groups is 1. The van der Waals surface area contributed by atoms with E-state index >= 15 is 0 Å². The van der Waals surface area contributed by atoms with Gasteiger partial charge in [0.15, 0.2) is 9.84 Å². The Bertz CT molecular complexity index is 1150. The lowest BCUT2D eigenvalue weighted by molar-refractivity contribution is 0.102. The van der Waals surface area contributed by atoms with Gasteiger partial charge in [0.25, 0.3) is 5.91 Å². The van der Waals surface area contributed by atoms with Gasteiger partial charge in [-0.25, -0.2) is 13.1 Å².